The van der Waals surface area contributed by atoms with E-state index >= 15 is 0 Å². The zero-order valence-electron chi connectivity index (χ0n) is 13.0. The maximum atomic E-state index is 4.03. The molecule has 1 fully saturated rings. The molecule has 2 rings (SSSR count). The molecule has 2 heteroatoms. The lowest BCUT2D eigenvalue weighted by atomic mass is 10.0. The van der Waals surface area contributed by atoms with Crippen molar-refractivity contribution in [2.45, 2.75) is 45.7 Å². The maximum Gasteiger partial charge on any atom is 0.0239 e. The van der Waals surface area contributed by atoms with Crippen molar-refractivity contribution in [3.63, 3.8) is 0 Å². The highest BCUT2D eigenvalue weighted by Gasteiger charge is 2.19. The van der Waals surface area contributed by atoms with Gasteiger partial charge in [0.1, 0.15) is 0 Å². The van der Waals surface area contributed by atoms with E-state index in [9.17, 15) is 0 Å². The third-order valence-corrected chi connectivity index (χ3v) is 3.86. The molecule has 0 saturated heterocycles. The van der Waals surface area contributed by atoms with Crippen LogP contribution >= 0.6 is 0 Å². The first-order chi connectivity index (χ1) is 9.69. The molecule has 1 aromatic rings. The molecule has 0 radical (unpaired) electrons. The quantitative estimate of drug-likeness (QED) is 0.693. The van der Waals surface area contributed by atoms with E-state index in [-0.39, 0.29) is 0 Å². The van der Waals surface area contributed by atoms with Crippen LogP contribution in [0.3, 0.4) is 0 Å². The Kier molecular flexibility index (Phi) is 5.81. The van der Waals surface area contributed by atoms with Crippen LogP contribution in [0.1, 0.15) is 37.8 Å². The highest BCUT2D eigenvalue weighted by molar-refractivity contribution is 5.27. The number of nitrogens with zero attached hydrogens (tertiary/aromatic N) is 1. The summed E-state index contributed by atoms with van der Waals surface area (Å²) in [5.41, 5.74) is 4.19. The summed E-state index contributed by atoms with van der Waals surface area (Å²) in [6.07, 6.45) is 3.87. The molecule has 0 amide bonds. The second-order valence-corrected chi connectivity index (χ2v) is 6.01. The van der Waals surface area contributed by atoms with Crippen LogP contribution in [0.25, 0.3) is 0 Å². The number of hydrogen-bond acceptors (Lipinski definition) is 2. The van der Waals surface area contributed by atoms with E-state index in [0.29, 0.717) is 0 Å². The van der Waals surface area contributed by atoms with Gasteiger partial charge in [0.15, 0.2) is 0 Å². The molecule has 0 atom stereocenters. The standard InChI is InChI=1S/C18H28N2/c1-4-20(13-15(2)3)14-17-8-6-5-7-16(17)11-12-19-18-9-10-18/h5-8,18-19H,2,4,9-14H2,1,3H3. The predicted octanol–water partition coefficient (Wildman–Crippen LogP) is 3.38. The molecule has 0 spiro atoms. The van der Waals surface area contributed by atoms with E-state index in [1.807, 2.05) is 0 Å². The number of benzene rings is 1. The van der Waals surface area contributed by atoms with E-state index in [1.54, 1.807) is 0 Å². The largest absolute Gasteiger partial charge is 0.314 e. The molecule has 0 aliphatic heterocycles. The van der Waals surface area contributed by atoms with Gasteiger partial charge < -0.3 is 5.32 Å². The van der Waals surface area contributed by atoms with Gasteiger partial charge in [-0.05, 0) is 50.4 Å². The Morgan fingerprint density at radius 1 is 1.30 bits per heavy atom. The summed E-state index contributed by atoms with van der Waals surface area (Å²) in [5.74, 6) is 0. The van der Waals surface area contributed by atoms with Crippen molar-refractivity contribution >= 4 is 0 Å². The molecule has 1 aliphatic rings. The summed E-state index contributed by atoms with van der Waals surface area (Å²) < 4.78 is 0. The summed E-state index contributed by atoms with van der Waals surface area (Å²) >= 11 is 0. The third kappa shape index (κ3) is 5.10. The van der Waals surface area contributed by atoms with Gasteiger partial charge in [0, 0.05) is 19.1 Å². The van der Waals surface area contributed by atoms with Gasteiger partial charge in [-0.3, -0.25) is 4.90 Å². The summed E-state index contributed by atoms with van der Waals surface area (Å²) in [4.78, 5) is 2.45. The van der Waals surface area contributed by atoms with Crippen molar-refractivity contribution < 1.29 is 0 Å². The molecule has 0 heterocycles. The van der Waals surface area contributed by atoms with Gasteiger partial charge in [0.25, 0.3) is 0 Å². The lowest BCUT2D eigenvalue weighted by molar-refractivity contribution is 0.303. The van der Waals surface area contributed by atoms with Gasteiger partial charge >= 0.3 is 0 Å². The van der Waals surface area contributed by atoms with Crippen molar-refractivity contribution in [3.8, 4) is 0 Å². The molecule has 1 aromatic carbocycles. The first-order valence-corrected chi connectivity index (χ1v) is 7.86. The highest BCUT2D eigenvalue weighted by atomic mass is 15.1. The van der Waals surface area contributed by atoms with Crippen molar-refractivity contribution in [3.05, 3.63) is 47.5 Å². The fourth-order valence-electron chi connectivity index (χ4n) is 2.56. The van der Waals surface area contributed by atoms with E-state index < -0.39 is 0 Å². The molecule has 1 saturated carbocycles. The van der Waals surface area contributed by atoms with Crippen molar-refractivity contribution in [2.24, 2.45) is 0 Å². The Bertz CT molecular complexity index is 435. The molecule has 2 nitrogen and oxygen atoms in total. The van der Waals surface area contributed by atoms with Crippen LogP contribution in [-0.2, 0) is 13.0 Å². The summed E-state index contributed by atoms with van der Waals surface area (Å²) in [6.45, 7) is 12.6. The minimum Gasteiger partial charge on any atom is -0.314 e. The Labute approximate surface area is 123 Å². The molecule has 0 aromatic heterocycles. The van der Waals surface area contributed by atoms with Gasteiger partial charge in [-0.1, -0.05) is 43.3 Å². The third-order valence-electron chi connectivity index (χ3n) is 3.86. The minimum absolute atomic E-state index is 0.803. The zero-order chi connectivity index (χ0) is 14.4. The van der Waals surface area contributed by atoms with Gasteiger partial charge in [-0.15, -0.1) is 0 Å². The predicted molar refractivity (Wildman–Crippen MR) is 86.9 cm³/mol. The van der Waals surface area contributed by atoms with E-state index in [1.165, 1.54) is 29.5 Å². The van der Waals surface area contributed by atoms with Crippen LogP contribution in [0.5, 0.6) is 0 Å². The molecule has 20 heavy (non-hydrogen) atoms. The number of likely N-dealkylation sites (N-methyl/N-ethyl adjacent to an activating group) is 1. The monoisotopic (exact) mass is 272 g/mol. The topological polar surface area (TPSA) is 15.3 Å². The first-order valence-electron chi connectivity index (χ1n) is 7.86. The Morgan fingerprint density at radius 2 is 2.00 bits per heavy atom. The fraction of sp³-hybridized carbons (Fsp3) is 0.556. The normalized spacial score (nSPS) is 14.8. The average molecular weight is 272 g/mol. The lowest BCUT2D eigenvalue weighted by Gasteiger charge is -2.22. The maximum absolute atomic E-state index is 4.03. The van der Waals surface area contributed by atoms with Gasteiger partial charge in [-0.2, -0.15) is 0 Å². The van der Waals surface area contributed by atoms with Crippen LogP contribution in [0.4, 0.5) is 0 Å². The lowest BCUT2D eigenvalue weighted by Crippen LogP contribution is -2.25. The van der Waals surface area contributed by atoms with Crippen molar-refractivity contribution in [2.75, 3.05) is 19.6 Å². The summed E-state index contributed by atoms with van der Waals surface area (Å²) in [7, 11) is 0. The second-order valence-electron chi connectivity index (χ2n) is 6.01. The Morgan fingerprint density at radius 3 is 2.60 bits per heavy atom. The molecular weight excluding hydrogens is 244 g/mol. The van der Waals surface area contributed by atoms with E-state index in [2.05, 4.69) is 54.9 Å². The Balaban J connectivity index is 1.92. The number of rotatable bonds is 9. The minimum atomic E-state index is 0.803. The van der Waals surface area contributed by atoms with Gasteiger partial charge in [-0.25, -0.2) is 0 Å². The molecular formula is C18H28N2. The van der Waals surface area contributed by atoms with Crippen molar-refractivity contribution in [1.29, 1.82) is 0 Å². The fourth-order valence-corrected chi connectivity index (χ4v) is 2.56. The highest BCUT2D eigenvalue weighted by Crippen LogP contribution is 2.19. The zero-order valence-corrected chi connectivity index (χ0v) is 13.0. The number of hydrogen-bond donors (Lipinski definition) is 1. The Hall–Kier alpha value is -1.12. The molecule has 1 N–H and O–H groups in total. The van der Waals surface area contributed by atoms with Crippen LogP contribution in [-0.4, -0.2) is 30.6 Å². The summed E-state index contributed by atoms with van der Waals surface area (Å²) in [5, 5.41) is 3.60. The van der Waals surface area contributed by atoms with Crippen LogP contribution in [0, 0.1) is 0 Å². The molecule has 0 unspecified atom stereocenters. The molecule has 1 aliphatic carbocycles. The van der Waals surface area contributed by atoms with E-state index in [0.717, 1.165) is 38.6 Å². The first kappa shape index (κ1) is 15.3. The number of nitrogens with one attached hydrogen (secondary N) is 1. The van der Waals surface area contributed by atoms with Crippen LogP contribution < -0.4 is 5.32 Å². The van der Waals surface area contributed by atoms with Crippen molar-refractivity contribution in [1.82, 2.24) is 10.2 Å². The van der Waals surface area contributed by atoms with Gasteiger partial charge in [0.05, 0.1) is 0 Å². The van der Waals surface area contributed by atoms with Crippen LogP contribution in [0.15, 0.2) is 36.4 Å². The summed E-state index contributed by atoms with van der Waals surface area (Å²) in [6, 6.07) is 9.66. The molecule has 110 valence electrons. The SMILES string of the molecule is C=C(C)CN(CC)Cc1ccccc1CCNC1CC1. The van der Waals surface area contributed by atoms with Gasteiger partial charge in [0.2, 0.25) is 0 Å². The smallest absolute Gasteiger partial charge is 0.0239 e. The van der Waals surface area contributed by atoms with E-state index in [4.69, 9.17) is 0 Å². The second kappa shape index (κ2) is 7.61. The molecule has 0 bridgehead atoms. The van der Waals surface area contributed by atoms with Crippen LogP contribution in [0.2, 0.25) is 0 Å². The average Bonchev–Trinajstić information content (AvgIpc) is 3.23.